The maximum atomic E-state index is 13.2. The zero-order valence-electron chi connectivity index (χ0n) is 15.8. The van der Waals surface area contributed by atoms with Crippen LogP contribution >= 0.6 is 23.1 Å². The van der Waals surface area contributed by atoms with Crippen molar-refractivity contribution in [1.29, 1.82) is 0 Å². The molecule has 1 saturated heterocycles. The summed E-state index contributed by atoms with van der Waals surface area (Å²) in [5, 5.41) is 9.70. The smallest absolute Gasteiger partial charge is 0.272 e. The minimum Gasteiger partial charge on any atom is -0.368 e. The molecule has 1 fully saturated rings. The number of para-hydroxylation sites is 1. The summed E-state index contributed by atoms with van der Waals surface area (Å²) in [6.07, 6.45) is 0.877. The Morgan fingerprint density at radius 2 is 1.96 bits per heavy atom. The molecule has 7 heteroatoms. The molecular formula is C21H22N4OS2. The van der Waals surface area contributed by atoms with Gasteiger partial charge in [-0.15, -0.1) is 23.1 Å². The van der Waals surface area contributed by atoms with Gasteiger partial charge >= 0.3 is 0 Å². The molecule has 28 heavy (non-hydrogen) atoms. The van der Waals surface area contributed by atoms with Crippen molar-refractivity contribution in [1.82, 2.24) is 15.1 Å². The summed E-state index contributed by atoms with van der Waals surface area (Å²) in [6.45, 7) is 5.33. The van der Waals surface area contributed by atoms with Crippen molar-refractivity contribution in [2.45, 2.75) is 17.6 Å². The molecule has 5 nitrogen and oxygen atoms in total. The molecule has 2 aliphatic rings. The normalized spacial score (nSPS) is 16.5. The van der Waals surface area contributed by atoms with Crippen LogP contribution in [-0.4, -0.2) is 52.9 Å². The lowest BCUT2D eigenvalue weighted by atomic mass is 10.1. The summed E-state index contributed by atoms with van der Waals surface area (Å²) in [6, 6.07) is 10.6. The molecule has 0 unspecified atom stereocenters. The number of aryl methyl sites for hydroxylation is 1. The van der Waals surface area contributed by atoms with E-state index < -0.39 is 0 Å². The monoisotopic (exact) mass is 410 g/mol. The Morgan fingerprint density at radius 1 is 1.14 bits per heavy atom. The number of piperazine rings is 1. The van der Waals surface area contributed by atoms with Crippen LogP contribution in [0.1, 0.15) is 21.6 Å². The van der Waals surface area contributed by atoms with Gasteiger partial charge in [0.05, 0.1) is 9.90 Å². The predicted octanol–water partition coefficient (Wildman–Crippen LogP) is 4.06. The van der Waals surface area contributed by atoms with Crippen LogP contribution in [-0.2, 0) is 6.42 Å². The van der Waals surface area contributed by atoms with E-state index in [0.29, 0.717) is 5.69 Å². The summed E-state index contributed by atoms with van der Waals surface area (Å²) in [5.41, 5.74) is 6.44. The van der Waals surface area contributed by atoms with E-state index in [-0.39, 0.29) is 5.91 Å². The fourth-order valence-electron chi connectivity index (χ4n) is 4.06. The van der Waals surface area contributed by atoms with Gasteiger partial charge in [-0.3, -0.25) is 9.89 Å². The van der Waals surface area contributed by atoms with Crippen molar-refractivity contribution in [2.75, 3.05) is 36.8 Å². The Balaban J connectivity index is 1.35. The van der Waals surface area contributed by atoms with Crippen LogP contribution in [0.15, 0.2) is 39.9 Å². The molecule has 0 radical (unpaired) electrons. The van der Waals surface area contributed by atoms with Crippen molar-refractivity contribution in [3.05, 3.63) is 52.5 Å². The molecule has 0 saturated carbocycles. The fourth-order valence-corrected chi connectivity index (χ4v) is 6.18. The maximum absolute atomic E-state index is 13.2. The van der Waals surface area contributed by atoms with Crippen LogP contribution in [0, 0.1) is 6.92 Å². The third kappa shape index (κ3) is 3.02. The topological polar surface area (TPSA) is 52.2 Å². The molecule has 1 aromatic carbocycles. The van der Waals surface area contributed by atoms with Gasteiger partial charge in [-0.2, -0.15) is 5.10 Å². The van der Waals surface area contributed by atoms with Gasteiger partial charge in [-0.1, -0.05) is 18.2 Å². The highest BCUT2D eigenvalue weighted by Gasteiger charge is 2.29. The van der Waals surface area contributed by atoms with Crippen molar-refractivity contribution in [3.63, 3.8) is 0 Å². The summed E-state index contributed by atoms with van der Waals surface area (Å²) in [5.74, 6) is 1.07. The molecule has 0 spiro atoms. The number of thioether (sulfide) groups is 1. The standard InChI is InChI=1S/C21H22N4OS2/c1-14-4-2-3-5-17(14)24-8-10-25(11-9-24)20(26)19-15-6-12-27-21-16(7-13-28-21)18(15)22-23-19/h2-5,7,13H,6,8-12H2,1H3,(H,22,23). The SMILES string of the molecule is Cc1ccccc1N1CCN(C(=O)c2[nH]nc3c2CCSc2sccc2-3)CC1. The first-order valence-electron chi connectivity index (χ1n) is 9.60. The maximum Gasteiger partial charge on any atom is 0.272 e. The van der Waals surface area contributed by atoms with Gasteiger partial charge in [0.1, 0.15) is 5.69 Å². The number of fused-ring (bicyclic) bond motifs is 3. The van der Waals surface area contributed by atoms with Crippen LogP contribution in [0.5, 0.6) is 0 Å². The van der Waals surface area contributed by atoms with Crippen LogP contribution in [0.4, 0.5) is 5.69 Å². The molecule has 0 aliphatic carbocycles. The average Bonchev–Trinajstić information content (AvgIpc) is 3.32. The van der Waals surface area contributed by atoms with Gasteiger partial charge in [0.25, 0.3) is 5.91 Å². The summed E-state index contributed by atoms with van der Waals surface area (Å²) in [7, 11) is 0. The van der Waals surface area contributed by atoms with E-state index >= 15 is 0 Å². The largest absolute Gasteiger partial charge is 0.368 e. The van der Waals surface area contributed by atoms with E-state index in [1.54, 1.807) is 11.3 Å². The number of hydrogen-bond acceptors (Lipinski definition) is 5. The Bertz CT molecular complexity index is 1020. The van der Waals surface area contributed by atoms with Gasteiger partial charge in [0.15, 0.2) is 0 Å². The van der Waals surface area contributed by atoms with Gasteiger partial charge in [-0.25, -0.2) is 0 Å². The lowest BCUT2D eigenvalue weighted by Crippen LogP contribution is -2.49. The van der Waals surface area contributed by atoms with E-state index in [1.807, 2.05) is 16.7 Å². The number of nitrogens with one attached hydrogen (secondary N) is 1. The summed E-state index contributed by atoms with van der Waals surface area (Å²) >= 11 is 3.62. The highest BCUT2D eigenvalue weighted by molar-refractivity contribution is 8.01. The number of aromatic amines is 1. The number of carbonyl (C=O) groups is 1. The number of nitrogens with zero attached hydrogens (tertiary/aromatic N) is 3. The summed E-state index contributed by atoms with van der Waals surface area (Å²) in [4.78, 5) is 17.6. The molecular weight excluding hydrogens is 388 g/mol. The molecule has 4 heterocycles. The van der Waals surface area contributed by atoms with E-state index in [0.717, 1.165) is 49.6 Å². The van der Waals surface area contributed by atoms with Crippen molar-refractivity contribution in [3.8, 4) is 11.3 Å². The highest BCUT2D eigenvalue weighted by atomic mass is 32.2. The minimum absolute atomic E-state index is 0.0851. The predicted molar refractivity (Wildman–Crippen MR) is 116 cm³/mol. The summed E-state index contributed by atoms with van der Waals surface area (Å²) < 4.78 is 1.30. The molecule has 2 aromatic heterocycles. The molecule has 1 N–H and O–H groups in total. The average molecular weight is 411 g/mol. The van der Waals surface area contributed by atoms with E-state index in [2.05, 4.69) is 57.7 Å². The van der Waals surface area contributed by atoms with Gasteiger partial charge in [-0.05, 0) is 36.4 Å². The quantitative estimate of drug-likeness (QED) is 0.692. The van der Waals surface area contributed by atoms with Gasteiger partial charge < -0.3 is 9.80 Å². The number of H-pyrrole nitrogens is 1. The number of benzene rings is 1. The first kappa shape index (κ1) is 17.8. The lowest BCUT2D eigenvalue weighted by molar-refractivity contribution is 0.0740. The molecule has 2 aliphatic heterocycles. The first-order valence-corrected chi connectivity index (χ1v) is 11.5. The lowest BCUT2D eigenvalue weighted by Gasteiger charge is -2.36. The second kappa shape index (κ2) is 7.29. The number of rotatable bonds is 2. The van der Waals surface area contributed by atoms with Gasteiger partial charge in [0, 0.05) is 48.7 Å². The van der Waals surface area contributed by atoms with Crippen LogP contribution in [0.25, 0.3) is 11.3 Å². The minimum atomic E-state index is 0.0851. The zero-order chi connectivity index (χ0) is 19.1. The highest BCUT2D eigenvalue weighted by Crippen LogP contribution is 2.41. The second-order valence-electron chi connectivity index (χ2n) is 7.21. The zero-order valence-corrected chi connectivity index (χ0v) is 17.4. The number of aromatic nitrogens is 2. The van der Waals surface area contributed by atoms with Crippen LogP contribution in [0.3, 0.4) is 0 Å². The van der Waals surface area contributed by atoms with E-state index in [4.69, 9.17) is 0 Å². The fraction of sp³-hybridized carbons (Fsp3) is 0.333. The number of anilines is 1. The Labute approximate surface area is 172 Å². The Kier molecular flexibility index (Phi) is 4.64. The molecule has 5 rings (SSSR count). The Morgan fingerprint density at radius 3 is 2.79 bits per heavy atom. The molecule has 0 atom stereocenters. The molecule has 1 amide bonds. The third-order valence-corrected chi connectivity index (χ3v) is 7.81. The van der Waals surface area contributed by atoms with E-state index in [9.17, 15) is 4.79 Å². The molecule has 144 valence electrons. The molecule has 0 bridgehead atoms. The van der Waals surface area contributed by atoms with Crippen LogP contribution < -0.4 is 4.90 Å². The number of thiophene rings is 1. The Hall–Kier alpha value is -2.25. The van der Waals surface area contributed by atoms with Crippen molar-refractivity contribution >= 4 is 34.7 Å². The second-order valence-corrected chi connectivity index (χ2v) is 9.49. The third-order valence-electron chi connectivity index (χ3n) is 5.57. The van der Waals surface area contributed by atoms with Crippen LogP contribution in [0.2, 0.25) is 0 Å². The number of carbonyl (C=O) groups excluding carboxylic acids is 1. The number of amides is 1. The van der Waals surface area contributed by atoms with E-state index in [1.165, 1.54) is 21.0 Å². The van der Waals surface area contributed by atoms with Gasteiger partial charge in [0.2, 0.25) is 0 Å². The number of hydrogen-bond donors (Lipinski definition) is 1. The first-order chi connectivity index (χ1) is 13.7. The van der Waals surface area contributed by atoms with Crippen molar-refractivity contribution < 1.29 is 4.79 Å². The molecule has 3 aromatic rings. The van der Waals surface area contributed by atoms with Crippen molar-refractivity contribution in [2.24, 2.45) is 0 Å².